The molecule has 2 N–H and O–H groups in total. The van der Waals surface area contributed by atoms with Gasteiger partial charge in [0.25, 0.3) is 0 Å². The van der Waals surface area contributed by atoms with Gasteiger partial charge in [-0.3, -0.25) is 0 Å². The Bertz CT molecular complexity index is 8.00. The van der Waals surface area contributed by atoms with Crippen molar-refractivity contribution in [2.24, 2.45) is 0 Å². The van der Waals surface area contributed by atoms with E-state index in [-0.39, 0.29) is 92.3 Å². The van der Waals surface area contributed by atoms with Gasteiger partial charge in [-0.15, -0.1) is 12.4 Å². The third-order valence-electron chi connectivity index (χ3n) is 0. The van der Waals surface area contributed by atoms with Crippen molar-refractivity contribution in [2.75, 3.05) is 0 Å². The second kappa shape index (κ2) is 17.4. The van der Waals surface area contributed by atoms with E-state index in [4.69, 9.17) is 0 Å². The number of halogens is 1. The molecule has 0 aliphatic rings. The fourth-order valence-electron chi connectivity index (χ4n) is 0. The smallest absolute Gasteiger partial charge is 0.316 e. The summed E-state index contributed by atoms with van der Waals surface area (Å²) in [5.74, 6) is 0. The molecule has 4 heteroatoms. The first-order valence-electron chi connectivity index (χ1n) is 0. The Morgan fingerprint density at radius 2 is 1.00 bits per heavy atom. The Labute approximate surface area is 90.2 Å². The quantitative estimate of drug-likeness (QED) is 0.333. The molecule has 0 heterocycles. The van der Waals surface area contributed by atoms with E-state index in [1.165, 1.54) is 0 Å². The summed E-state index contributed by atoms with van der Waals surface area (Å²) in [6.45, 7) is 0. The zero-order chi connectivity index (χ0) is 0. The summed E-state index contributed by atoms with van der Waals surface area (Å²) in [4.78, 5) is 0. The van der Waals surface area contributed by atoms with Crippen LogP contribution in [0.25, 0.3) is 0 Å². The minimum atomic E-state index is 0. The van der Waals surface area contributed by atoms with E-state index in [1.54, 1.807) is 0 Å². The van der Waals surface area contributed by atoms with Crippen LogP contribution < -0.4 is 0 Å². The molecule has 0 aromatic rings. The summed E-state index contributed by atoms with van der Waals surface area (Å²) >= 11 is 0. The van der Waals surface area contributed by atoms with E-state index in [0.717, 1.165) is 0 Å². The Balaban J connectivity index is 0. The maximum Gasteiger partial charge on any atom is 0.316 e. The van der Waals surface area contributed by atoms with Gasteiger partial charge in [0.2, 0.25) is 0 Å². The van der Waals surface area contributed by atoms with Crippen LogP contribution in [0.4, 0.5) is 0 Å². The summed E-state index contributed by atoms with van der Waals surface area (Å²) in [5, 5.41) is 0. The van der Waals surface area contributed by atoms with Gasteiger partial charge in [-0.25, -0.2) is 0 Å². The molecule has 0 saturated heterocycles. The first-order chi connectivity index (χ1) is 0. The molecule has 0 rings (SSSR count). The van der Waals surface area contributed by atoms with E-state index in [9.17, 15) is 0 Å². The Kier molecular flexibility index (Phi) is 131. The van der Waals surface area contributed by atoms with Crippen LogP contribution in [0, 0.1) is 0 Å². The molecule has 4 heavy (non-hydrogen) atoms. The van der Waals surface area contributed by atoms with Crippen LogP contribution in [0.15, 0.2) is 0 Å². The second-order valence-corrected chi connectivity index (χ2v) is 0. The molecule has 0 fully saturated rings. The fourth-order valence-corrected chi connectivity index (χ4v) is 0. The molecular formula is H6ClKMgO. The summed E-state index contributed by atoms with van der Waals surface area (Å²) in [6.07, 6.45) is 0. The summed E-state index contributed by atoms with van der Waals surface area (Å²) in [5.41, 5.74) is 0. The van der Waals surface area contributed by atoms with Crippen LogP contribution in [0.2, 0.25) is 0 Å². The molecule has 0 aromatic heterocycles. The minimum absolute atomic E-state index is 0. The molecule has 1 nitrogen and oxygen atoms in total. The first kappa shape index (κ1) is 30.2. The molecule has 0 aromatic carbocycles. The predicted octanol–water partition coefficient (Wildman–Crippen LogP) is -1.97. The largest absolute Gasteiger partial charge is 0.316 e. The van der Waals surface area contributed by atoms with Crippen molar-refractivity contribution < 1.29 is 5.48 Å². The van der Waals surface area contributed by atoms with Gasteiger partial charge < -0.3 is 5.48 Å². The Hall–Kier alpha value is 2.65. The third-order valence-corrected chi connectivity index (χ3v) is 0. The van der Waals surface area contributed by atoms with Crippen molar-refractivity contribution in [1.29, 1.82) is 0 Å². The topological polar surface area (TPSA) is 31.5 Å². The van der Waals surface area contributed by atoms with Crippen molar-refractivity contribution in [3.8, 4) is 0 Å². The van der Waals surface area contributed by atoms with Crippen LogP contribution in [0.5, 0.6) is 0 Å². The first-order valence-corrected chi connectivity index (χ1v) is 0. The minimum Gasteiger partial charge on any atom is 0.316 e. The summed E-state index contributed by atoms with van der Waals surface area (Å²) in [6, 6.07) is 0. The van der Waals surface area contributed by atoms with Crippen LogP contribution in [0.3, 0.4) is 0 Å². The maximum absolute atomic E-state index is 0. The molecule has 22 valence electrons. The molecule has 0 atom stereocenters. The van der Waals surface area contributed by atoms with Gasteiger partial charge in [-0.05, 0) is 0 Å². The molecule has 0 aliphatic heterocycles. The van der Waals surface area contributed by atoms with E-state index in [0.29, 0.717) is 0 Å². The Morgan fingerprint density at radius 1 is 1.00 bits per heavy atom. The molecular weight excluding hydrogens is 115 g/mol. The van der Waals surface area contributed by atoms with Gasteiger partial charge in [-0.1, -0.05) is 0 Å². The van der Waals surface area contributed by atoms with Gasteiger partial charge in [0.05, 0.1) is 0 Å². The normalized spacial score (nSPS) is 0. The number of rotatable bonds is 0. The van der Waals surface area contributed by atoms with E-state index in [2.05, 4.69) is 0 Å². The van der Waals surface area contributed by atoms with Crippen molar-refractivity contribution in [3.63, 3.8) is 0 Å². The summed E-state index contributed by atoms with van der Waals surface area (Å²) < 4.78 is 0. The standard InChI is InChI=1S/ClH.K.Mg.H2O.3H/h1H;;;1H2;;;. The molecule has 0 radical (unpaired) electrons. The average Bonchev–Trinajstić information content (AvgIpc) is 0. The van der Waals surface area contributed by atoms with Crippen LogP contribution in [-0.4, -0.2) is 79.9 Å². The third kappa shape index (κ3) is 8.82. The van der Waals surface area contributed by atoms with Crippen molar-refractivity contribution in [3.05, 3.63) is 0 Å². The van der Waals surface area contributed by atoms with Crippen LogP contribution in [0.1, 0.15) is 0 Å². The monoisotopic (exact) mass is 120 g/mol. The molecule has 0 amide bonds. The van der Waals surface area contributed by atoms with E-state index >= 15 is 0 Å². The van der Waals surface area contributed by atoms with Crippen LogP contribution in [-0.2, 0) is 0 Å². The molecule has 0 unspecified atom stereocenters. The second-order valence-electron chi connectivity index (χ2n) is 0. The maximum atomic E-state index is 0. The zero-order valence-electron chi connectivity index (χ0n) is 0.908. The molecule has 0 saturated carbocycles. The van der Waals surface area contributed by atoms with Gasteiger partial charge in [0.15, 0.2) is 0 Å². The van der Waals surface area contributed by atoms with Crippen LogP contribution >= 0.6 is 12.4 Å². The van der Waals surface area contributed by atoms with Crippen molar-refractivity contribution >= 4 is 86.8 Å². The zero-order valence-corrected chi connectivity index (χ0v) is 1.72. The van der Waals surface area contributed by atoms with Gasteiger partial charge in [-0.2, -0.15) is 0 Å². The molecule has 0 aliphatic carbocycles. The predicted molar refractivity (Wildman–Crippen MR) is 26.6 cm³/mol. The number of hydrogen-bond acceptors (Lipinski definition) is 0. The Morgan fingerprint density at radius 3 is 1.00 bits per heavy atom. The van der Waals surface area contributed by atoms with Gasteiger partial charge in [0, 0.05) is 0 Å². The van der Waals surface area contributed by atoms with Gasteiger partial charge in [0.1, 0.15) is 0 Å². The fraction of sp³-hybridized carbons (Fsp3) is 0. The van der Waals surface area contributed by atoms with Crippen molar-refractivity contribution in [2.45, 2.75) is 0 Å². The average molecular weight is 121 g/mol. The number of hydrogen-bond donors (Lipinski definition) is 0. The van der Waals surface area contributed by atoms with Gasteiger partial charge >= 0.3 is 74.4 Å². The van der Waals surface area contributed by atoms with Crippen molar-refractivity contribution in [1.82, 2.24) is 0 Å². The summed E-state index contributed by atoms with van der Waals surface area (Å²) in [7, 11) is 0. The molecule has 0 spiro atoms. The van der Waals surface area contributed by atoms with E-state index in [1.807, 2.05) is 0 Å². The SMILES string of the molecule is Cl.O.[KH].[MgH2]. The van der Waals surface area contributed by atoms with E-state index < -0.39 is 0 Å². The molecule has 0 bridgehead atoms.